The van der Waals surface area contributed by atoms with Gasteiger partial charge in [0.25, 0.3) is 5.91 Å². The van der Waals surface area contributed by atoms with Gasteiger partial charge in [0.1, 0.15) is 0 Å². The molecule has 8 nitrogen and oxygen atoms in total. The smallest absolute Gasteiger partial charge is 0.338 e. The Morgan fingerprint density at radius 2 is 1.72 bits per heavy atom. The summed E-state index contributed by atoms with van der Waals surface area (Å²) >= 11 is 0. The van der Waals surface area contributed by atoms with Crippen molar-refractivity contribution in [3.05, 3.63) is 65.7 Å². The van der Waals surface area contributed by atoms with Crippen LogP contribution in [0.1, 0.15) is 29.8 Å². The summed E-state index contributed by atoms with van der Waals surface area (Å²) in [6.07, 6.45) is -0.443. The molecule has 0 aromatic heterocycles. The first-order valence-corrected chi connectivity index (χ1v) is 11.8. The normalized spacial score (nSPS) is 19.3. The summed E-state index contributed by atoms with van der Waals surface area (Å²) in [6, 6.07) is 15.1. The van der Waals surface area contributed by atoms with Crippen LogP contribution in [-0.4, -0.2) is 68.5 Å². The number of amides is 1. The van der Waals surface area contributed by atoms with E-state index < -0.39 is 22.6 Å². The van der Waals surface area contributed by atoms with Gasteiger partial charge in [-0.05, 0) is 37.6 Å². The number of morpholine rings is 1. The predicted molar refractivity (Wildman–Crippen MR) is 118 cm³/mol. The molecule has 0 bridgehead atoms. The molecule has 1 saturated heterocycles. The molecule has 2 aromatic rings. The van der Waals surface area contributed by atoms with Crippen LogP contribution < -0.4 is 0 Å². The van der Waals surface area contributed by atoms with Crippen LogP contribution in [0.15, 0.2) is 59.5 Å². The minimum absolute atomic E-state index is 0.000715. The SMILES string of the molecule is CC1CN(S(=O)(=O)c2cccc(C(=O)OCC(=O)N(C)Cc3ccccc3)c2)CC(C)O1. The van der Waals surface area contributed by atoms with Gasteiger partial charge in [0.15, 0.2) is 6.61 Å². The summed E-state index contributed by atoms with van der Waals surface area (Å²) in [4.78, 5) is 26.2. The number of rotatable bonds is 7. The molecule has 0 spiro atoms. The van der Waals surface area contributed by atoms with Gasteiger partial charge in [0.2, 0.25) is 10.0 Å². The quantitative estimate of drug-likeness (QED) is 0.589. The second-order valence-corrected chi connectivity index (χ2v) is 9.86. The maximum atomic E-state index is 13.0. The summed E-state index contributed by atoms with van der Waals surface area (Å²) in [5.74, 6) is -1.12. The number of ether oxygens (including phenoxy) is 2. The Hall–Kier alpha value is -2.75. The molecule has 0 saturated carbocycles. The molecular weight excluding hydrogens is 432 g/mol. The van der Waals surface area contributed by atoms with Crippen molar-refractivity contribution in [2.45, 2.75) is 37.5 Å². The fourth-order valence-corrected chi connectivity index (χ4v) is 5.16. The molecule has 3 rings (SSSR count). The lowest BCUT2D eigenvalue weighted by Crippen LogP contribution is -2.48. The number of nitrogens with zero attached hydrogens (tertiary/aromatic N) is 2. The van der Waals surface area contributed by atoms with Crippen LogP contribution in [-0.2, 0) is 30.8 Å². The van der Waals surface area contributed by atoms with Gasteiger partial charge in [0.05, 0.1) is 22.7 Å². The molecule has 0 N–H and O–H groups in total. The average molecular weight is 461 g/mol. The van der Waals surface area contributed by atoms with Crippen LogP contribution in [0.3, 0.4) is 0 Å². The third-order valence-electron chi connectivity index (χ3n) is 5.11. The average Bonchev–Trinajstić information content (AvgIpc) is 2.77. The van der Waals surface area contributed by atoms with Crippen molar-refractivity contribution in [3.8, 4) is 0 Å². The minimum atomic E-state index is -3.79. The lowest BCUT2D eigenvalue weighted by molar-refractivity contribution is -0.133. The van der Waals surface area contributed by atoms with Crippen LogP contribution in [0, 0.1) is 0 Å². The van der Waals surface area contributed by atoms with Gasteiger partial charge in [-0.15, -0.1) is 0 Å². The topological polar surface area (TPSA) is 93.2 Å². The highest BCUT2D eigenvalue weighted by Gasteiger charge is 2.32. The third kappa shape index (κ3) is 5.93. The monoisotopic (exact) mass is 460 g/mol. The molecule has 1 amide bonds. The van der Waals surface area contributed by atoms with Crippen molar-refractivity contribution < 1.29 is 27.5 Å². The van der Waals surface area contributed by atoms with Gasteiger partial charge in [-0.2, -0.15) is 4.31 Å². The molecule has 2 aromatic carbocycles. The zero-order chi connectivity index (χ0) is 23.3. The van der Waals surface area contributed by atoms with Crippen LogP contribution in [0.25, 0.3) is 0 Å². The van der Waals surface area contributed by atoms with Gasteiger partial charge in [0, 0.05) is 26.7 Å². The molecular formula is C23H28N2O6S. The number of esters is 1. The van der Waals surface area contributed by atoms with Crippen LogP contribution >= 0.6 is 0 Å². The van der Waals surface area contributed by atoms with E-state index in [0.29, 0.717) is 6.54 Å². The van der Waals surface area contributed by atoms with E-state index in [9.17, 15) is 18.0 Å². The van der Waals surface area contributed by atoms with Gasteiger partial charge >= 0.3 is 5.97 Å². The van der Waals surface area contributed by atoms with E-state index in [1.165, 1.54) is 33.5 Å². The first-order valence-electron chi connectivity index (χ1n) is 10.4. The Bertz CT molecular complexity index is 1050. The maximum absolute atomic E-state index is 13.0. The molecule has 1 heterocycles. The van der Waals surface area contributed by atoms with E-state index in [4.69, 9.17) is 9.47 Å². The highest BCUT2D eigenvalue weighted by molar-refractivity contribution is 7.89. The van der Waals surface area contributed by atoms with Crippen molar-refractivity contribution in [3.63, 3.8) is 0 Å². The van der Waals surface area contributed by atoms with Crippen molar-refractivity contribution in [1.29, 1.82) is 0 Å². The number of sulfonamides is 1. The first-order chi connectivity index (χ1) is 15.2. The Labute approximate surface area is 188 Å². The number of carbonyl (C=O) groups excluding carboxylic acids is 2. The standard InChI is InChI=1S/C23H28N2O6S/c1-17-13-25(14-18(2)31-17)32(28,29)21-11-7-10-20(12-21)23(27)30-16-22(26)24(3)15-19-8-5-4-6-9-19/h4-12,17-18H,13-16H2,1-3H3. The minimum Gasteiger partial charge on any atom is -0.452 e. The Morgan fingerprint density at radius 1 is 1.06 bits per heavy atom. The molecule has 2 atom stereocenters. The Morgan fingerprint density at radius 3 is 2.38 bits per heavy atom. The van der Waals surface area contributed by atoms with Crippen LogP contribution in [0.2, 0.25) is 0 Å². The summed E-state index contributed by atoms with van der Waals surface area (Å²) in [5, 5.41) is 0. The van der Waals surface area contributed by atoms with Crippen molar-refractivity contribution >= 4 is 21.9 Å². The highest BCUT2D eigenvalue weighted by atomic mass is 32.2. The number of hydrogen-bond donors (Lipinski definition) is 0. The van der Waals surface area contributed by atoms with E-state index in [1.807, 2.05) is 44.2 Å². The molecule has 0 radical (unpaired) electrons. The van der Waals surface area contributed by atoms with Crippen molar-refractivity contribution in [2.75, 3.05) is 26.7 Å². The summed E-state index contributed by atoms with van der Waals surface area (Å²) in [6.45, 7) is 4.07. The fourth-order valence-electron chi connectivity index (χ4n) is 3.53. The largest absolute Gasteiger partial charge is 0.452 e. The van der Waals surface area contributed by atoms with Gasteiger partial charge in [-0.1, -0.05) is 36.4 Å². The molecule has 2 unspecified atom stereocenters. The van der Waals surface area contributed by atoms with Gasteiger partial charge < -0.3 is 14.4 Å². The third-order valence-corrected chi connectivity index (χ3v) is 6.94. The number of benzene rings is 2. The number of hydrogen-bond acceptors (Lipinski definition) is 6. The zero-order valence-electron chi connectivity index (χ0n) is 18.4. The van der Waals surface area contributed by atoms with E-state index >= 15 is 0 Å². The van der Waals surface area contributed by atoms with Crippen molar-refractivity contribution in [2.24, 2.45) is 0 Å². The number of carbonyl (C=O) groups is 2. The molecule has 1 fully saturated rings. The van der Waals surface area contributed by atoms with E-state index in [0.717, 1.165) is 5.56 Å². The predicted octanol–water partition coefficient (Wildman–Crippen LogP) is 2.30. The summed E-state index contributed by atoms with van der Waals surface area (Å²) in [5.41, 5.74) is 1.03. The highest BCUT2D eigenvalue weighted by Crippen LogP contribution is 2.22. The summed E-state index contributed by atoms with van der Waals surface area (Å²) in [7, 11) is -2.17. The second kappa shape index (κ2) is 10.2. The molecule has 9 heteroatoms. The fraction of sp³-hybridized carbons (Fsp3) is 0.391. The number of likely N-dealkylation sites (N-methyl/N-ethyl adjacent to an activating group) is 1. The Balaban J connectivity index is 1.63. The second-order valence-electron chi connectivity index (χ2n) is 7.92. The van der Waals surface area contributed by atoms with Gasteiger partial charge in [-0.25, -0.2) is 13.2 Å². The zero-order valence-corrected chi connectivity index (χ0v) is 19.2. The maximum Gasteiger partial charge on any atom is 0.338 e. The van der Waals surface area contributed by atoms with Gasteiger partial charge in [-0.3, -0.25) is 4.79 Å². The first kappa shape index (κ1) is 23.9. The lowest BCUT2D eigenvalue weighted by Gasteiger charge is -2.34. The van der Waals surface area contributed by atoms with E-state index in [-0.39, 0.29) is 41.7 Å². The molecule has 172 valence electrons. The van der Waals surface area contributed by atoms with Crippen LogP contribution in [0.5, 0.6) is 0 Å². The van der Waals surface area contributed by atoms with E-state index in [2.05, 4.69) is 0 Å². The van der Waals surface area contributed by atoms with Crippen molar-refractivity contribution in [1.82, 2.24) is 9.21 Å². The Kier molecular flexibility index (Phi) is 7.65. The van der Waals surface area contributed by atoms with Crippen LogP contribution in [0.4, 0.5) is 0 Å². The molecule has 32 heavy (non-hydrogen) atoms. The van der Waals surface area contributed by atoms with E-state index in [1.54, 1.807) is 7.05 Å². The molecule has 0 aliphatic carbocycles. The lowest BCUT2D eigenvalue weighted by atomic mass is 10.2. The molecule has 1 aliphatic heterocycles. The molecule has 1 aliphatic rings. The summed E-state index contributed by atoms with van der Waals surface area (Å²) < 4.78 is 38.2.